The number of likely N-dealkylation sites (tertiary alicyclic amines) is 1. The Labute approximate surface area is 161 Å². The van der Waals surface area contributed by atoms with E-state index in [1.54, 1.807) is 0 Å². The van der Waals surface area contributed by atoms with Gasteiger partial charge in [0.2, 0.25) is 0 Å². The minimum absolute atomic E-state index is 0.00451. The van der Waals surface area contributed by atoms with E-state index in [1.165, 1.54) is 23.3 Å². The van der Waals surface area contributed by atoms with E-state index in [0.29, 0.717) is 17.8 Å². The molecule has 0 amide bonds. The molecule has 0 aromatic heterocycles. The highest BCUT2D eigenvalue weighted by Gasteiger charge is 2.47. The van der Waals surface area contributed by atoms with E-state index in [1.807, 2.05) is 24.3 Å². The molecule has 2 aromatic carbocycles. The van der Waals surface area contributed by atoms with Crippen LogP contribution in [-0.4, -0.2) is 42.2 Å². The van der Waals surface area contributed by atoms with E-state index < -0.39 is 0 Å². The predicted octanol–water partition coefficient (Wildman–Crippen LogP) is 3.64. The van der Waals surface area contributed by atoms with Gasteiger partial charge in [0, 0.05) is 17.5 Å². The van der Waals surface area contributed by atoms with Gasteiger partial charge in [-0.1, -0.05) is 25.1 Å². The third-order valence-electron chi connectivity index (χ3n) is 6.67. The van der Waals surface area contributed by atoms with Crippen molar-refractivity contribution in [2.24, 2.45) is 0 Å². The predicted molar refractivity (Wildman–Crippen MR) is 107 cm³/mol. The number of hydrogen-bond donors (Lipinski definition) is 2. The van der Waals surface area contributed by atoms with Crippen molar-refractivity contribution < 1.29 is 9.50 Å². The average molecular weight is 368 g/mol. The van der Waals surface area contributed by atoms with E-state index in [0.717, 1.165) is 44.3 Å². The van der Waals surface area contributed by atoms with Gasteiger partial charge in [0.1, 0.15) is 11.6 Å². The fourth-order valence-electron chi connectivity index (χ4n) is 5.16. The second kappa shape index (κ2) is 7.25. The second-order valence-corrected chi connectivity index (χ2v) is 8.42. The summed E-state index contributed by atoms with van der Waals surface area (Å²) >= 11 is 0. The summed E-state index contributed by atoms with van der Waals surface area (Å²) in [5.74, 6) is 0.173. The molecule has 0 spiro atoms. The molecule has 2 bridgehead atoms. The number of hydrogen-bond acceptors (Lipinski definition) is 3. The summed E-state index contributed by atoms with van der Waals surface area (Å²) in [4.78, 5) is 2.50. The van der Waals surface area contributed by atoms with Gasteiger partial charge >= 0.3 is 0 Å². The van der Waals surface area contributed by atoms with Crippen molar-refractivity contribution in [2.75, 3.05) is 20.1 Å². The Hall–Kier alpha value is -1.91. The van der Waals surface area contributed by atoms with Crippen LogP contribution in [0.15, 0.2) is 42.5 Å². The van der Waals surface area contributed by atoms with E-state index in [4.69, 9.17) is 0 Å². The molecule has 27 heavy (non-hydrogen) atoms. The van der Waals surface area contributed by atoms with Gasteiger partial charge in [-0.25, -0.2) is 4.39 Å². The van der Waals surface area contributed by atoms with Crippen LogP contribution in [0.2, 0.25) is 0 Å². The number of halogens is 1. The zero-order valence-electron chi connectivity index (χ0n) is 16.2. The number of benzene rings is 2. The molecule has 3 atom stereocenters. The summed E-state index contributed by atoms with van der Waals surface area (Å²) in [5.41, 5.74) is 3.82. The maximum Gasteiger partial charge on any atom is 0.123 e. The molecule has 1 heterocycles. The quantitative estimate of drug-likeness (QED) is 0.865. The number of likely N-dealkylation sites (N-methyl/N-ethyl adjacent to an activating group) is 1. The lowest BCUT2D eigenvalue weighted by Crippen LogP contribution is -2.60. The first kappa shape index (κ1) is 18.5. The molecule has 0 saturated carbocycles. The number of phenols is 1. The van der Waals surface area contributed by atoms with Gasteiger partial charge in [0.25, 0.3) is 0 Å². The SMILES string of the molecule is CN1CCCC2(C)c3cc(O)ccc3CC1C2NCCc1ccc(F)cc1. The summed E-state index contributed by atoms with van der Waals surface area (Å²) in [5, 5.41) is 13.9. The lowest BCUT2D eigenvalue weighted by atomic mass is 9.64. The fourth-order valence-corrected chi connectivity index (χ4v) is 5.16. The van der Waals surface area contributed by atoms with E-state index in [-0.39, 0.29) is 11.2 Å². The van der Waals surface area contributed by atoms with E-state index in [9.17, 15) is 9.50 Å². The summed E-state index contributed by atoms with van der Waals surface area (Å²) in [6, 6.07) is 13.5. The molecular formula is C23H29FN2O. The van der Waals surface area contributed by atoms with Crippen molar-refractivity contribution in [2.45, 2.75) is 50.1 Å². The summed E-state index contributed by atoms with van der Waals surface area (Å²) < 4.78 is 13.1. The molecule has 1 saturated heterocycles. The summed E-state index contributed by atoms with van der Waals surface area (Å²) in [6.45, 7) is 4.33. The summed E-state index contributed by atoms with van der Waals surface area (Å²) in [6.07, 6.45) is 4.17. The first-order valence-corrected chi connectivity index (χ1v) is 9.98. The van der Waals surface area contributed by atoms with Crippen molar-refractivity contribution in [1.29, 1.82) is 0 Å². The molecule has 3 nitrogen and oxygen atoms in total. The van der Waals surface area contributed by atoms with Crippen molar-refractivity contribution in [3.05, 3.63) is 65.0 Å². The molecule has 1 fully saturated rings. The molecule has 4 heteroatoms. The van der Waals surface area contributed by atoms with Crippen LogP contribution in [0.3, 0.4) is 0 Å². The van der Waals surface area contributed by atoms with Gasteiger partial charge in [0.05, 0.1) is 0 Å². The Balaban J connectivity index is 1.58. The average Bonchev–Trinajstić information content (AvgIpc) is 2.73. The minimum atomic E-state index is -0.185. The number of aromatic hydroxyl groups is 1. The third kappa shape index (κ3) is 3.48. The lowest BCUT2D eigenvalue weighted by molar-refractivity contribution is 0.157. The van der Waals surface area contributed by atoms with Crippen molar-refractivity contribution in [1.82, 2.24) is 10.2 Å². The molecule has 2 aliphatic rings. The number of nitrogens with zero attached hydrogens (tertiary/aromatic N) is 1. The maximum atomic E-state index is 13.1. The van der Waals surface area contributed by atoms with Crippen molar-refractivity contribution >= 4 is 0 Å². The highest BCUT2D eigenvalue weighted by Crippen LogP contribution is 2.45. The number of rotatable bonds is 4. The standard InChI is InChI=1S/C23H29FN2O/c1-23-11-3-13-26(2)21(14-17-6-9-19(27)15-20(17)23)22(23)25-12-10-16-4-7-18(24)8-5-16/h4-9,15,21-22,25,27H,3,10-14H2,1-2H3. The minimum Gasteiger partial charge on any atom is -0.508 e. The van der Waals surface area contributed by atoms with Gasteiger partial charge in [-0.05, 0) is 86.8 Å². The smallest absolute Gasteiger partial charge is 0.123 e. The molecular weight excluding hydrogens is 339 g/mol. The molecule has 1 aliphatic heterocycles. The number of fused-ring (bicyclic) bond motifs is 4. The molecule has 2 N–H and O–H groups in total. The number of nitrogens with one attached hydrogen (secondary N) is 1. The van der Waals surface area contributed by atoms with Crippen LogP contribution in [0.1, 0.15) is 36.5 Å². The zero-order chi connectivity index (χ0) is 19.0. The van der Waals surface area contributed by atoms with Crippen molar-refractivity contribution in [3.63, 3.8) is 0 Å². The van der Waals surface area contributed by atoms with E-state index in [2.05, 4.69) is 30.3 Å². The van der Waals surface area contributed by atoms with Crippen LogP contribution in [0, 0.1) is 5.82 Å². The van der Waals surface area contributed by atoms with Crippen LogP contribution in [0.4, 0.5) is 4.39 Å². The Bertz CT molecular complexity index is 807. The fraction of sp³-hybridized carbons (Fsp3) is 0.478. The Kier molecular flexibility index (Phi) is 4.95. The van der Waals surface area contributed by atoms with Gasteiger partial charge in [-0.3, -0.25) is 0 Å². The lowest BCUT2D eigenvalue weighted by Gasteiger charge is -2.48. The van der Waals surface area contributed by atoms with Gasteiger partial charge in [0.15, 0.2) is 0 Å². The highest BCUT2D eigenvalue weighted by atomic mass is 19.1. The zero-order valence-corrected chi connectivity index (χ0v) is 16.2. The molecule has 2 aromatic rings. The number of phenolic OH excluding ortho intramolecular Hbond substituents is 1. The molecule has 1 aliphatic carbocycles. The topological polar surface area (TPSA) is 35.5 Å². The van der Waals surface area contributed by atoms with Gasteiger partial charge in [-0.15, -0.1) is 0 Å². The Morgan fingerprint density at radius 2 is 2.00 bits per heavy atom. The molecule has 144 valence electrons. The third-order valence-corrected chi connectivity index (χ3v) is 6.67. The highest BCUT2D eigenvalue weighted by molar-refractivity contribution is 5.45. The van der Waals surface area contributed by atoms with Crippen molar-refractivity contribution in [3.8, 4) is 5.75 Å². The van der Waals surface area contributed by atoms with Gasteiger partial charge in [-0.2, -0.15) is 0 Å². The molecule has 4 rings (SSSR count). The van der Waals surface area contributed by atoms with Crippen LogP contribution >= 0.6 is 0 Å². The summed E-state index contributed by atoms with van der Waals surface area (Å²) in [7, 11) is 2.23. The monoisotopic (exact) mass is 368 g/mol. The first-order valence-electron chi connectivity index (χ1n) is 9.98. The maximum absolute atomic E-state index is 13.1. The first-order chi connectivity index (χ1) is 13.0. The molecule has 3 unspecified atom stereocenters. The molecule has 0 radical (unpaired) electrons. The van der Waals surface area contributed by atoms with Crippen LogP contribution in [0.25, 0.3) is 0 Å². The van der Waals surface area contributed by atoms with Crippen LogP contribution in [-0.2, 0) is 18.3 Å². The normalized spacial score (nSPS) is 27.8. The Morgan fingerprint density at radius 3 is 2.78 bits per heavy atom. The van der Waals surface area contributed by atoms with Gasteiger partial charge < -0.3 is 15.3 Å². The largest absolute Gasteiger partial charge is 0.508 e. The van der Waals surface area contributed by atoms with E-state index >= 15 is 0 Å². The van der Waals surface area contributed by atoms with Crippen LogP contribution in [0.5, 0.6) is 5.75 Å². The second-order valence-electron chi connectivity index (χ2n) is 8.42. The Morgan fingerprint density at radius 1 is 1.22 bits per heavy atom. The van der Waals surface area contributed by atoms with Crippen LogP contribution < -0.4 is 5.32 Å².